The highest BCUT2D eigenvalue weighted by molar-refractivity contribution is 5.80. The molecule has 2 heterocycles. The van der Waals surface area contributed by atoms with Crippen LogP contribution < -0.4 is 0 Å². The standard InChI is InChI=1S/C40H64O8/c1-22-15-24-18-27(45-30(24)41)28(22)46-32(43)38(12,35(5,6)7)21-36(8,9)20-37(10,11)39(13,19-34(2,3)4)33(44)47-29-23-16-25-26(17-23)40(29,14)48-31(25)42/h22-29H,15-21H2,1-14H3. The van der Waals surface area contributed by atoms with Crippen molar-refractivity contribution in [1.29, 1.82) is 0 Å². The Balaban J connectivity index is 1.37. The zero-order valence-corrected chi connectivity index (χ0v) is 32.3. The second-order valence-corrected chi connectivity index (χ2v) is 20.9. The third-order valence-corrected chi connectivity index (χ3v) is 13.8. The summed E-state index contributed by atoms with van der Waals surface area (Å²) in [6.07, 6.45) is 3.43. The van der Waals surface area contributed by atoms with Crippen molar-refractivity contribution < 1.29 is 38.1 Å². The zero-order chi connectivity index (χ0) is 36.2. The lowest BCUT2D eigenvalue weighted by Gasteiger charge is -2.51. The Hall–Kier alpha value is -2.12. The summed E-state index contributed by atoms with van der Waals surface area (Å²) >= 11 is 0. The van der Waals surface area contributed by atoms with Crippen LogP contribution >= 0.6 is 0 Å². The quantitative estimate of drug-likeness (QED) is 0.169. The molecule has 3 saturated carbocycles. The van der Waals surface area contributed by atoms with Gasteiger partial charge in [0, 0.05) is 18.3 Å². The molecule has 0 radical (unpaired) electrons. The summed E-state index contributed by atoms with van der Waals surface area (Å²) in [6, 6.07) is 0. The van der Waals surface area contributed by atoms with Crippen molar-refractivity contribution >= 4 is 23.9 Å². The van der Waals surface area contributed by atoms with Gasteiger partial charge in [-0.1, -0.05) is 76.2 Å². The first kappa shape index (κ1) is 37.1. The van der Waals surface area contributed by atoms with E-state index in [-0.39, 0.29) is 70.4 Å². The van der Waals surface area contributed by atoms with E-state index in [0.717, 1.165) is 12.8 Å². The van der Waals surface area contributed by atoms with Gasteiger partial charge in [-0.3, -0.25) is 19.2 Å². The number of esters is 4. The summed E-state index contributed by atoms with van der Waals surface area (Å²) in [5.74, 6) is -0.674. The van der Waals surface area contributed by atoms with E-state index in [1.165, 1.54) is 0 Å². The molecule has 5 rings (SSSR count). The van der Waals surface area contributed by atoms with Crippen LogP contribution in [0.25, 0.3) is 0 Å². The minimum atomic E-state index is -0.859. The molecule has 4 bridgehead atoms. The van der Waals surface area contributed by atoms with Gasteiger partial charge in [0.15, 0.2) is 0 Å². The fraction of sp³-hybridized carbons (Fsp3) is 0.900. The van der Waals surface area contributed by atoms with E-state index in [2.05, 4.69) is 69.2 Å². The van der Waals surface area contributed by atoms with Gasteiger partial charge in [0.25, 0.3) is 0 Å². The minimum absolute atomic E-state index is 0.0420. The summed E-state index contributed by atoms with van der Waals surface area (Å²) in [4.78, 5) is 53.9. The number of carbonyl (C=O) groups excluding carboxylic acids is 4. The van der Waals surface area contributed by atoms with Crippen molar-refractivity contribution in [2.24, 2.45) is 62.1 Å². The Kier molecular flexibility index (Phi) is 8.86. The molecule has 0 aromatic carbocycles. The highest BCUT2D eigenvalue weighted by atomic mass is 16.6. The van der Waals surface area contributed by atoms with Crippen LogP contribution in [0.5, 0.6) is 0 Å². The van der Waals surface area contributed by atoms with Crippen LogP contribution in [0.15, 0.2) is 0 Å². The molecule has 5 aliphatic rings. The number of fused-ring (bicyclic) bond motifs is 3. The molecule has 2 aliphatic heterocycles. The first-order valence-electron chi connectivity index (χ1n) is 18.5. The van der Waals surface area contributed by atoms with Crippen molar-refractivity contribution in [3.8, 4) is 0 Å². The van der Waals surface area contributed by atoms with Crippen LogP contribution in [0.2, 0.25) is 0 Å². The molecule has 272 valence electrons. The molecule has 11 atom stereocenters. The fourth-order valence-electron chi connectivity index (χ4n) is 10.9. The van der Waals surface area contributed by atoms with Gasteiger partial charge in [0.1, 0.15) is 23.9 Å². The van der Waals surface area contributed by atoms with Gasteiger partial charge in [0.2, 0.25) is 0 Å². The number of carbonyl (C=O) groups is 4. The maximum atomic E-state index is 14.6. The van der Waals surface area contributed by atoms with E-state index in [4.69, 9.17) is 18.9 Å². The monoisotopic (exact) mass is 672 g/mol. The molecule has 2 saturated heterocycles. The Morgan fingerprint density at radius 2 is 1.38 bits per heavy atom. The Morgan fingerprint density at radius 1 is 0.771 bits per heavy atom. The normalized spacial score (nSPS) is 37.0. The summed E-state index contributed by atoms with van der Waals surface area (Å²) in [5.41, 5.74) is -3.97. The summed E-state index contributed by atoms with van der Waals surface area (Å²) < 4.78 is 24.4. The lowest BCUT2D eigenvalue weighted by molar-refractivity contribution is -0.193. The van der Waals surface area contributed by atoms with E-state index in [1.54, 1.807) is 0 Å². The van der Waals surface area contributed by atoms with Crippen LogP contribution in [0, 0.1) is 62.1 Å². The zero-order valence-electron chi connectivity index (χ0n) is 32.3. The highest BCUT2D eigenvalue weighted by Gasteiger charge is 2.71. The first-order chi connectivity index (χ1) is 21.6. The van der Waals surface area contributed by atoms with Crippen molar-refractivity contribution in [1.82, 2.24) is 0 Å². The molecule has 8 heteroatoms. The Morgan fingerprint density at radius 3 is 1.96 bits per heavy atom. The molecule has 48 heavy (non-hydrogen) atoms. The molecular weight excluding hydrogens is 608 g/mol. The largest absolute Gasteiger partial charge is 0.458 e. The van der Waals surface area contributed by atoms with Crippen LogP contribution in [0.3, 0.4) is 0 Å². The fourth-order valence-corrected chi connectivity index (χ4v) is 10.9. The van der Waals surface area contributed by atoms with Crippen LogP contribution in [-0.4, -0.2) is 47.8 Å². The Labute approximate surface area is 289 Å². The van der Waals surface area contributed by atoms with E-state index in [1.807, 2.05) is 27.7 Å². The molecule has 11 unspecified atom stereocenters. The maximum absolute atomic E-state index is 14.6. The van der Waals surface area contributed by atoms with Gasteiger partial charge in [-0.15, -0.1) is 0 Å². The number of hydrogen-bond donors (Lipinski definition) is 0. The predicted octanol–water partition coefficient (Wildman–Crippen LogP) is 8.08. The molecule has 0 N–H and O–H groups in total. The van der Waals surface area contributed by atoms with Gasteiger partial charge >= 0.3 is 23.9 Å². The highest BCUT2D eigenvalue weighted by Crippen LogP contribution is 2.62. The predicted molar refractivity (Wildman–Crippen MR) is 182 cm³/mol. The number of ether oxygens (including phenoxy) is 4. The van der Waals surface area contributed by atoms with Crippen molar-refractivity contribution in [3.05, 3.63) is 0 Å². The average molecular weight is 673 g/mol. The van der Waals surface area contributed by atoms with Crippen LogP contribution in [0.1, 0.15) is 142 Å². The Bertz CT molecular complexity index is 1330. The molecule has 0 aromatic rings. The lowest BCUT2D eigenvalue weighted by atomic mass is 9.53. The van der Waals surface area contributed by atoms with Gasteiger partial charge in [0.05, 0.1) is 22.7 Å². The van der Waals surface area contributed by atoms with Crippen LogP contribution in [-0.2, 0) is 38.1 Å². The molecule has 0 aromatic heterocycles. The third kappa shape index (κ3) is 6.11. The molecule has 5 fully saturated rings. The molecule has 0 amide bonds. The van der Waals surface area contributed by atoms with E-state index >= 15 is 0 Å². The van der Waals surface area contributed by atoms with E-state index < -0.39 is 39.5 Å². The van der Waals surface area contributed by atoms with E-state index in [0.29, 0.717) is 32.1 Å². The summed E-state index contributed by atoms with van der Waals surface area (Å²) in [7, 11) is 0. The lowest BCUT2D eigenvalue weighted by Crippen LogP contribution is -2.53. The second kappa shape index (κ2) is 11.4. The minimum Gasteiger partial charge on any atom is -0.458 e. The third-order valence-electron chi connectivity index (χ3n) is 13.8. The van der Waals surface area contributed by atoms with Crippen LogP contribution in [0.4, 0.5) is 0 Å². The van der Waals surface area contributed by atoms with Gasteiger partial charge in [-0.2, -0.15) is 0 Å². The summed E-state index contributed by atoms with van der Waals surface area (Å²) in [5, 5.41) is 0. The molecular formula is C40H64O8. The second-order valence-electron chi connectivity index (χ2n) is 20.9. The van der Waals surface area contributed by atoms with Gasteiger partial charge in [-0.25, -0.2) is 0 Å². The number of hydrogen-bond acceptors (Lipinski definition) is 8. The smallest absolute Gasteiger partial charge is 0.312 e. The van der Waals surface area contributed by atoms with Crippen molar-refractivity contribution in [2.75, 3.05) is 0 Å². The van der Waals surface area contributed by atoms with Gasteiger partial charge in [-0.05, 0) is 86.9 Å². The SMILES string of the molecule is CC1CC2CC(OC2=O)C1OC(=O)C(C)(CC(C)(C)CC(C)(C)C(C)(CC(C)(C)C)C(=O)OC1C2CC3C(=O)OC1(C)C3C2)C(C)(C)C. The topological polar surface area (TPSA) is 105 Å². The van der Waals surface area contributed by atoms with Gasteiger partial charge < -0.3 is 18.9 Å². The maximum Gasteiger partial charge on any atom is 0.312 e. The average Bonchev–Trinajstić information content (AvgIpc) is 3.58. The molecule has 8 nitrogen and oxygen atoms in total. The first-order valence-corrected chi connectivity index (χ1v) is 18.5. The number of rotatable bonds is 10. The van der Waals surface area contributed by atoms with Crippen molar-refractivity contribution in [3.63, 3.8) is 0 Å². The molecule has 3 aliphatic carbocycles. The van der Waals surface area contributed by atoms with E-state index in [9.17, 15) is 19.2 Å². The molecule has 0 spiro atoms. The summed E-state index contributed by atoms with van der Waals surface area (Å²) in [6.45, 7) is 29.5. The van der Waals surface area contributed by atoms with Crippen molar-refractivity contribution in [2.45, 2.75) is 166 Å².